The fourth-order valence-corrected chi connectivity index (χ4v) is 2.65. The van der Waals surface area contributed by atoms with E-state index in [-0.39, 0.29) is 22.3 Å². The highest BCUT2D eigenvalue weighted by atomic mass is 32.2. The van der Waals surface area contributed by atoms with E-state index in [4.69, 9.17) is 12.2 Å². The number of nitrogens with one attached hydrogen (secondary N) is 2. The second kappa shape index (κ2) is 7.79. The molecule has 2 aromatic rings. The number of carbonyl (C=O) groups is 1. The van der Waals surface area contributed by atoms with E-state index < -0.39 is 33.7 Å². The highest BCUT2D eigenvalue weighted by Crippen LogP contribution is 2.40. The number of hydrogen-bond donors (Lipinski definition) is 2. The number of rotatable bonds is 3. The minimum Gasteiger partial charge on any atom is -0.331 e. The third-order valence-corrected chi connectivity index (χ3v) is 3.79. The molecule has 0 saturated carbocycles. The van der Waals surface area contributed by atoms with E-state index in [1.165, 1.54) is 24.3 Å². The van der Waals surface area contributed by atoms with Crippen molar-refractivity contribution in [3.63, 3.8) is 0 Å². The predicted molar refractivity (Wildman–Crippen MR) is 88.4 cm³/mol. The zero-order valence-electron chi connectivity index (χ0n) is 12.2. The van der Waals surface area contributed by atoms with Gasteiger partial charge in [-0.25, -0.2) is 8.78 Å². The zero-order chi connectivity index (χ0) is 18.6. The molecule has 0 bridgehead atoms. The van der Waals surface area contributed by atoms with Crippen molar-refractivity contribution in [2.75, 3.05) is 5.32 Å². The number of amides is 1. The van der Waals surface area contributed by atoms with Crippen LogP contribution in [0.5, 0.6) is 0 Å². The molecule has 0 aliphatic carbocycles. The summed E-state index contributed by atoms with van der Waals surface area (Å²) in [5, 5.41) is 4.03. The molecule has 2 rings (SSSR count). The standard InChI is InChI=1S/C15H9F5N2OS2/c16-8-4-3-5-9(17)12(8)13(23)22-14(24)21-10-6-1-2-7-11(10)25-15(18,19)20/h1-7H,(H2,21,22,23,24). The van der Waals surface area contributed by atoms with Gasteiger partial charge in [-0.2, -0.15) is 13.2 Å². The summed E-state index contributed by atoms with van der Waals surface area (Å²) < 4.78 is 64.7. The molecule has 0 atom stereocenters. The molecule has 10 heteroatoms. The lowest BCUT2D eigenvalue weighted by Crippen LogP contribution is -2.35. The number of benzene rings is 2. The summed E-state index contributed by atoms with van der Waals surface area (Å²) in [6, 6.07) is 8.26. The quantitative estimate of drug-likeness (QED) is 0.451. The number of alkyl halides is 3. The average molecular weight is 392 g/mol. The maximum atomic E-state index is 13.5. The molecule has 0 aliphatic rings. The van der Waals surface area contributed by atoms with Crippen LogP contribution in [0.3, 0.4) is 0 Å². The minimum atomic E-state index is -4.51. The molecule has 132 valence electrons. The molecule has 0 aliphatic heterocycles. The molecular formula is C15H9F5N2OS2. The van der Waals surface area contributed by atoms with E-state index in [0.717, 1.165) is 18.2 Å². The molecular weight excluding hydrogens is 383 g/mol. The second-order valence-corrected chi connectivity index (χ2v) is 6.06. The number of hydrogen-bond acceptors (Lipinski definition) is 3. The SMILES string of the molecule is O=C(NC(=S)Nc1ccccc1SC(F)(F)F)c1c(F)cccc1F. The molecule has 0 unspecified atom stereocenters. The van der Waals surface area contributed by atoms with Crippen molar-refractivity contribution in [2.45, 2.75) is 10.4 Å². The highest BCUT2D eigenvalue weighted by molar-refractivity contribution is 8.00. The first kappa shape index (κ1) is 19.1. The summed E-state index contributed by atoms with van der Waals surface area (Å²) in [4.78, 5) is 11.7. The lowest BCUT2D eigenvalue weighted by atomic mass is 10.2. The first-order valence-corrected chi connectivity index (χ1v) is 7.81. The molecule has 0 heterocycles. The summed E-state index contributed by atoms with van der Waals surface area (Å²) in [5.41, 5.74) is -5.37. The lowest BCUT2D eigenvalue weighted by molar-refractivity contribution is -0.0328. The Balaban J connectivity index is 2.12. The molecule has 0 saturated heterocycles. The number of anilines is 1. The van der Waals surface area contributed by atoms with Crippen molar-refractivity contribution >= 4 is 40.7 Å². The molecule has 1 amide bonds. The summed E-state index contributed by atoms with van der Waals surface area (Å²) in [5.74, 6) is -3.34. The third kappa shape index (κ3) is 5.40. The van der Waals surface area contributed by atoms with Gasteiger partial charge in [-0.3, -0.25) is 10.1 Å². The zero-order valence-corrected chi connectivity index (χ0v) is 13.8. The first-order valence-electron chi connectivity index (χ1n) is 6.58. The molecule has 0 radical (unpaired) electrons. The van der Waals surface area contributed by atoms with Crippen molar-refractivity contribution in [1.29, 1.82) is 0 Å². The van der Waals surface area contributed by atoms with Gasteiger partial charge >= 0.3 is 5.51 Å². The van der Waals surface area contributed by atoms with Gasteiger partial charge in [0.05, 0.1) is 5.69 Å². The van der Waals surface area contributed by atoms with Gasteiger partial charge in [0, 0.05) is 4.90 Å². The predicted octanol–water partition coefficient (Wildman–Crippen LogP) is 4.70. The molecule has 2 aromatic carbocycles. The Morgan fingerprint density at radius 1 is 1.00 bits per heavy atom. The van der Waals surface area contributed by atoms with E-state index in [2.05, 4.69) is 5.32 Å². The summed E-state index contributed by atoms with van der Waals surface area (Å²) in [6.07, 6.45) is 0. The van der Waals surface area contributed by atoms with Crippen LogP contribution in [0.15, 0.2) is 47.4 Å². The fraction of sp³-hybridized carbons (Fsp3) is 0.0667. The van der Waals surface area contributed by atoms with Crippen LogP contribution in [0.4, 0.5) is 27.6 Å². The number of para-hydroxylation sites is 1. The third-order valence-electron chi connectivity index (χ3n) is 2.78. The molecule has 25 heavy (non-hydrogen) atoms. The van der Waals surface area contributed by atoms with Crippen molar-refractivity contribution in [2.24, 2.45) is 0 Å². The Morgan fingerprint density at radius 3 is 2.20 bits per heavy atom. The molecule has 2 N–H and O–H groups in total. The van der Waals surface area contributed by atoms with Crippen molar-refractivity contribution < 1.29 is 26.7 Å². The Kier molecular flexibility index (Phi) is 5.96. The fourth-order valence-electron chi connectivity index (χ4n) is 1.82. The van der Waals surface area contributed by atoms with E-state index in [1.54, 1.807) is 0 Å². The van der Waals surface area contributed by atoms with Gasteiger partial charge in [0.25, 0.3) is 5.91 Å². The monoisotopic (exact) mass is 392 g/mol. The molecule has 0 aromatic heterocycles. The van der Waals surface area contributed by atoms with Crippen LogP contribution < -0.4 is 10.6 Å². The van der Waals surface area contributed by atoms with Gasteiger partial charge < -0.3 is 5.32 Å². The Hall–Kier alpha value is -2.20. The summed E-state index contributed by atoms with van der Waals surface area (Å²) >= 11 is 4.46. The van der Waals surface area contributed by atoms with Gasteiger partial charge in [-0.15, -0.1) is 0 Å². The van der Waals surface area contributed by atoms with E-state index in [9.17, 15) is 26.7 Å². The highest BCUT2D eigenvalue weighted by Gasteiger charge is 2.30. The number of thiocarbonyl (C=S) groups is 1. The van der Waals surface area contributed by atoms with E-state index >= 15 is 0 Å². The van der Waals surface area contributed by atoms with Crippen LogP contribution >= 0.6 is 24.0 Å². The van der Waals surface area contributed by atoms with Crippen molar-refractivity contribution in [3.8, 4) is 0 Å². The number of thioether (sulfide) groups is 1. The maximum Gasteiger partial charge on any atom is 0.446 e. The van der Waals surface area contributed by atoms with Crippen LogP contribution in [0.25, 0.3) is 0 Å². The molecule has 0 fully saturated rings. The Morgan fingerprint density at radius 2 is 1.60 bits per heavy atom. The smallest absolute Gasteiger partial charge is 0.331 e. The summed E-state index contributed by atoms with van der Waals surface area (Å²) in [6.45, 7) is 0. The summed E-state index contributed by atoms with van der Waals surface area (Å²) in [7, 11) is 0. The van der Waals surface area contributed by atoms with Gasteiger partial charge in [0.1, 0.15) is 17.2 Å². The Bertz CT molecular complexity index is 790. The minimum absolute atomic E-state index is 0.0101. The van der Waals surface area contributed by atoms with Crippen molar-refractivity contribution in [1.82, 2.24) is 5.32 Å². The number of carbonyl (C=O) groups excluding carboxylic acids is 1. The van der Waals surface area contributed by atoms with Gasteiger partial charge in [0.2, 0.25) is 0 Å². The molecule has 3 nitrogen and oxygen atoms in total. The van der Waals surface area contributed by atoms with Crippen LogP contribution in [0, 0.1) is 11.6 Å². The van der Waals surface area contributed by atoms with E-state index in [0.29, 0.717) is 0 Å². The van der Waals surface area contributed by atoms with Crippen LogP contribution in [-0.2, 0) is 0 Å². The van der Waals surface area contributed by atoms with Crippen LogP contribution in [0.1, 0.15) is 10.4 Å². The average Bonchev–Trinajstić information content (AvgIpc) is 2.47. The van der Waals surface area contributed by atoms with Crippen LogP contribution in [0.2, 0.25) is 0 Å². The van der Waals surface area contributed by atoms with Gasteiger partial charge in [0.15, 0.2) is 5.11 Å². The topological polar surface area (TPSA) is 41.1 Å². The number of halogens is 5. The molecule has 0 spiro atoms. The largest absolute Gasteiger partial charge is 0.446 e. The van der Waals surface area contributed by atoms with Crippen LogP contribution in [-0.4, -0.2) is 16.5 Å². The Labute approximate surface area is 148 Å². The van der Waals surface area contributed by atoms with Gasteiger partial charge in [-0.1, -0.05) is 18.2 Å². The first-order chi connectivity index (χ1) is 11.7. The van der Waals surface area contributed by atoms with Gasteiger partial charge in [-0.05, 0) is 48.2 Å². The second-order valence-electron chi connectivity index (χ2n) is 4.55. The van der Waals surface area contributed by atoms with Crippen molar-refractivity contribution in [3.05, 3.63) is 59.7 Å². The lowest BCUT2D eigenvalue weighted by Gasteiger charge is -2.14. The normalized spacial score (nSPS) is 11.1. The maximum absolute atomic E-state index is 13.5. The van der Waals surface area contributed by atoms with E-state index in [1.807, 2.05) is 5.32 Å².